The lowest BCUT2D eigenvalue weighted by atomic mass is 10.1. The summed E-state index contributed by atoms with van der Waals surface area (Å²) in [5.41, 5.74) is 4.54. The van der Waals surface area contributed by atoms with E-state index in [-0.39, 0.29) is 16.6 Å². The van der Waals surface area contributed by atoms with Crippen molar-refractivity contribution in [1.82, 2.24) is 9.55 Å². The first kappa shape index (κ1) is 19.4. The summed E-state index contributed by atoms with van der Waals surface area (Å²) >= 11 is 1.49. The number of thioether (sulfide) groups is 1. The number of benzene rings is 3. The van der Waals surface area contributed by atoms with Crippen LogP contribution in [0.4, 0.5) is 4.39 Å². The van der Waals surface area contributed by atoms with Gasteiger partial charge < -0.3 is 0 Å². The fourth-order valence-corrected chi connectivity index (χ4v) is 4.51. The van der Waals surface area contributed by atoms with Crippen LogP contribution in [0.2, 0.25) is 0 Å². The Bertz CT molecular complexity index is 1230. The topological polar surface area (TPSA) is 34.9 Å². The highest BCUT2D eigenvalue weighted by Crippen LogP contribution is 2.35. The van der Waals surface area contributed by atoms with Gasteiger partial charge in [-0.15, -0.1) is 0 Å². The zero-order valence-corrected chi connectivity index (χ0v) is 17.3. The Morgan fingerprint density at radius 2 is 1.62 bits per heavy atom. The molecule has 5 heteroatoms. The lowest BCUT2D eigenvalue weighted by Gasteiger charge is -2.17. The molecule has 4 aromatic rings. The number of nitrogens with zero attached hydrogens (tertiary/aromatic N) is 2. The summed E-state index contributed by atoms with van der Waals surface area (Å²) in [6, 6.07) is 19.9. The van der Waals surface area contributed by atoms with Crippen LogP contribution in [0.3, 0.4) is 0 Å². The van der Waals surface area contributed by atoms with Crippen molar-refractivity contribution in [1.29, 1.82) is 0 Å². The van der Waals surface area contributed by atoms with Crippen molar-refractivity contribution in [3.05, 3.63) is 99.6 Å². The molecule has 0 fully saturated rings. The van der Waals surface area contributed by atoms with E-state index in [0.717, 1.165) is 22.4 Å². The first-order valence-electron chi connectivity index (χ1n) is 9.45. The van der Waals surface area contributed by atoms with Gasteiger partial charge in [0, 0.05) is 5.25 Å². The van der Waals surface area contributed by atoms with Gasteiger partial charge in [-0.1, -0.05) is 42.1 Å². The van der Waals surface area contributed by atoms with E-state index in [1.807, 2.05) is 57.2 Å². The van der Waals surface area contributed by atoms with Gasteiger partial charge in [-0.2, -0.15) is 0 Å². The van der Waals surface area contributed by atoms with Gasteiger partial charge in [0.15, 0.2) is 5.16 Å². The van der Waals surface area contributed by atoms with E-state index in [1.165, 1.54) is 23.9 Å². The average molecular weight is 405 g/mol. The third-order valence-corrected chi connectivity index (χ3v) is 5.94. The standard InChI is InChI=1S/C24H21FN2OS/c1-15-12-16(2)14-20(13-15)27-23(28)21-6-4-5-7-22(21)26-24(27)29-17(3)18-8-10-19(25)11-9-18/h4-14,17H,1-3H3/t17-/m1/s1. The maximum atomic E-state index is 13.4. The fourth-order valence-electron chi connectivity index (χ4n) is 3.46. The lowest BCUT2D eigenvalue weighted by molar-refractivity contribution is 0.627. The highest BCUT2D eigenvalue weighted by atomic mass is 32.2. The first-order valence-corrected chi connectivity index (χ1v) is 10.3. The molecule has 0 radical (unpaired) electrons. The first-order chi connectivity index (χ1) is 13.9. The van der Waals surface area contributed by atoms with Gasteiger partial charge in [0.05, 0.1) is 16.6 Å². The minimum Gasteiger partial charge on any atom is -0.268 e. The Morgan fingerprint density at radius 3 is 2.31 bits per heavy atom. The molecule has 0 saturated heterocycles. The van der Waals surface area contributed by atoms with Crippen LogP contribution in [-0.2, 0) is 0 Å². The van der Waals surface area contributed by atoms with Crippen molar-refractivity contribution >= 4 is 22.7 Å². The molecule has 0 saturated carbocycles. The Balaban J connectivity index is 1.89. The Kier molecular flexibility index (Phi) is 5.24. The normalized spacial score (nSPS) is 12.3. The van der Waals surface area contributed by atoms with Gasteiger partial charge in [-0.3, -0.25) is 9.36 Å². The van der Waals surface area contributed by atoms with Crippen LogP contribution < -0.4 is 5.56 Å². The number of para-hydroxylation sites is 1. The van der Waals surface area contributed by atoms with Crippen molar-refractivity contribution in [3.8, 4) is 5.69 Å². The molecule has 3 nitrogen and oxygen atoms in total. The van der Waals surface area contributed by atoms with Crippen molar-refractivity contribution in [2.24, 2.45) is 0 Å². The smallest absolute Gasteiger partial charge is 0.266 e. The van der Waals surface area contributed by atoms with E-state index in [2.05, 4.69) is 6.07 Å². The van der Waals surface area contributed by atoms with Crippen molar-refractivity contribution in [2.75, 3.05) is 0 Å². The zero-order valence-electron chi connectivity index (χ0n) is 16.5. The predicted molar refractivity (Wildman–Crippen MR) is 117 cm³/mol. The summed E-state index contributed by atoms with van der Waals surface area (Å²) in [5.74, 6) is -0.262. The molecule has 29 heavy (non-hydrogen) atoms. The van der Waals surface area contributed by atoms with E-state index < -0.39 is 0 Å². The molecule has 0 spiro atoms. The Hall–Kier alpha value is -2.92. The van der Waals surface area contributed by atoms with Crippen LogP contribution in [0.5, 0.6) is 0 Å². The number of fused-ring (bicyclic) bond motifs is 1. The molecule has 0 aliphatic carbocycles. The van der Waals surface area contributed by atoms with Crippen LogP contribution >= 0.6 is 11.8 Å². The van der Waals surface area contributed by atoms with Gasteiger partial charge in [0.1, 0.15) is 5.82 Å². The van der Waals surface area contributed by atoms with Gasteiger partial charge in [0.2, 0.25) is 0 Å². The second-order valence-electron chi connectivity index (χ2n) is 7.21. The Labute approximate surface area is 173 Å². The molecular weight excluding hydrogens is 383 g/mol. The number of halogens is 1. The molecule has 3 aromatic carbocycles. The molecular formula is C24H21FN2OS. The zero-order chi connectivity index (χ0) is 20.5. The molecule has 146 valence electrons. The Morgan fingerprint density at radius 1 is 0.966 bits per heavy atom. The van der Waals surface area contributed by atoms with E-state index in [1.54, 1.807) is 16.7 Å². The third-order valence-electron chi connectivity index (χ3n) is 4.83. The summed E-state index contributed by atoms with van der Waals surface area (Å²) in [4.78, 5) is 18.2. The summed E-state index contributed by atoms with van der Waals surface area (Å²) in [7, 11) is 0. The minimum absolute atomic E-state index is 0.000758. The molecule has 0 aliphatic heterocycles. The van der Waals surface area contributed by atoms with Gasteiger partial charge >= 0.3 is 0 Å². The molecule has 1 heterocycles. The van der Waals surface area contributed by atoms with Crippen molar-refractivity contribution in [2.45, 2.75) is 31.2 Å². The van der Waals surface area contributed by atoms with E-state index in [9.17, 15) is 9.18 Å². The lowest BCUT2D eigenvalue weighted by Crippen LogP contribution is -2.22. The van der Waals surface area contributed by atoms with Crippen LogP contribution in [0.1, 0.15) is 28.9 Å². The summed E-state index contributed by atoms with van der Waals surface area (Å²) < 4.78 is 15.0. The predicted octanol–water partition coefficient (Wildman–Crippen LogP) is 5.99. The number of hydrogen-bond acceptors (Lipinski definition) is 3. The van der Waals surface area contributed by atoms with Gasteiger partial charge in [-0.25, -0.2) is 9.37 Å². The maximum Gasteiger partial charge on any atom is 0.266 e. The number of aromatic nitrogens is 2. The van der Waals surface area contributed by atoms with Crippen LogP contribution in [0.25, 0.3) is 16.6 Å². The SMILES string of the molecule is Cc1cc(C)cc(-n2c(S[C@H](C)c3ccc(F)cc3)nc3ccccc3c2=O)c1. The second-order valence-corrected chi connectivity index (χ2v) is 8.52. The summed E-state index contributed by atoms with van der Waals surface area (Å²) in [5, 5.41) is 1.21. The number of aryl methyl sites for hydroxylation is 2. The summed E-state index contributed by atoms with van der Waals surface area (Å²) in [6.07, 6.45) is 0. The summed E-state index contributed by atoms with van der Waals surface area (Å²) in [6.45, 7) is 6.07. The fraction of sp³-hybridized carbons (Fsp3) is 0.167. The van der Waals surface area contributed by atoms with Crippen LogP contribution in [-0.4, -0.2) is 9.55 Å². The van der Waals surface area contributed by atoms with E-state index in [0.29, 0.717) is 16.1 Å². The quantitative estimate of drug-likeness (QED) is 0.309. The van der Waals surface area contributed by atoms with Gasteiger partial charge in [-0.05, 0) is 73.9 Å². The second kappa shape index (κ2) is 7.84. The maximum absolute atomic E-state index is 13.4. The van der Waals surface area contributed by atoms with Crippen molar-refractivity contribution < 1.29 is 4.39 Å². The molecule has 0 aliphatic rings. The molecule has 0 N–H and O–H groups in total. The van der Waals surface area contributed by atoms with Crippen molar-refractivity contribution in [3.63, 3.8) is 0 Å². The molecule has 1 aromatic heterocycles. The van der Waals surface area contributed by atoms with Crippen LogP contribution in [0.15, 0.2) is 76.7 Å². The highest BCUT2D eigenvalue weighted by molar-refractivity contribution is 7.99. The monoisotopic (exact) mass is 404 g/mol. The third kappa shape index (κ3) is 3.96. The highest BCUT2D eigenvalue weighted by Gasteiger charge is 2.17. The van der Waals surface area contributed by atoms with E-state index in [4.69, 9.17) is 4.98 Å². The molecule has 1 atom stereocenters. The van der Waals surface area contributed by atoms with Gasteiger partial charge in [0.25, 0.3) is 5.56 Å². The minimum atomic E-state index is -0.262. The largest absolute Gasteiger partial charge is 0.268 e. The van der Waals surface area contributed by atoms with Crippen LogP contribution in [0, 0.1) is 19.7 Å². The average Bonchev–Trinajstić information content (AvgIpc) is 2.68. The number of hydrogen-bond donors (Lipinski definition) is 0. The molecule has 0 bridgehead atoms. The number of rotatable bonds is 4. The molecule has 4 rings (SSSR count). The van der Waals surface area contributed by atoms with E-state index >= 15 is 0 Å². The molecule has 0 amide bonds. The molecule has 0 unspecified atom stereocenters.